The second-order valence-electron chi connectivity index (χ2n) is 6.31. The number of rotatable bonds is 2. The third-order valence-corrected chi connectivity index (χ3v) is 5.50. The van der Waals surface area contributed by atoms with Crippen molar-refractivity contribution in [2.45, 2.75) is 88.4 Å². The van der Waals surface area contributed by atoms with Gasteiger partial charge in [0.1, 0.15) is 0 Å². The summed E-state index contributed by atoms with van der Waals surface area (Å²) >= 11 is 0. The Balaban J connectivity index is 1.83. The predicted molar refractivity (Wildman–Crippen MR) is 67.3 cm³/mol. The third kappa shape index (κ3) is 1.53. The van der Waals surface area contributed by atoms with Gasteiger partial charge >= 0.3 is 0 Å². The van der Waals surface area contributed by atoms with Crippen molar-refractivity contribution < 1.29 is 0 Å². The van der Waals surface area contributed by atoms with E-state index in [1.54, 1.807) is 0 Å². The van der Waals surface area contributed by atoms with Gasteiger partial charge < -0.3 is 5.73 Å². The van der Waals surface area contributed by atoms with E-state index in [1.165, 1.54) is 57.8 Å². The Labute approximate surface area is 99.6 Å². The minimum atomic E-state index is 0.487. The molecule has 3 rings (SSSR count). The quantitative estimate of drug-likeness (QED) is 0.778. The Hall–Kier alpha value is -0.0800. The summed E-state index contributed by atoms with van der Waals surface area (Å²) in [6.45, 7) is 2.39. The van der Waals surface area contributed by atoms with Crippen molar-refractivity contribution in [2.24, 2.45) is 5.73 Å². The van der Waals surface area contributed by atoms with Gasteiger partial charge in [0.05, 0.1) is 0 Å². The first-order valence-corrected chi connectivity index (χ1v) is 7.29. The van der Waals surface area contributed by atoms with E-state index in [4.69, 9.17) is 5.73 Å². The molecule has 0 aromatic heterocycles. The maximum Gasteiger partial charge on any atom is 0.0212 e. The highest BCUT2D eigenvalue weighted by Crippen LogP contribution is 2.48. The lowest BCUT2D eigenvalue weighted by atomic mass is 9.68. The molecule has 2 atom stereocenters. The van der Waals surface area contributed by atoms with Crippen LogP contribution in [-0.4, -0.2) is 28.6 Å². The minimum absolute atomic E-state index is 0.487. The fourth-order valence-corrected chi connectivity index (χ4v) is 4.58. The zero-order chi connectivity index (χ0) is 11.2. The summed E-state index contributed by atoms with van der Waals surface area (Å²) in [5.41, 5.74) is 6.80. The third-order valence-electron chi connectivity index (χ3n) is 5.50. The predicted octanol–water partition coefficient (Wildman–Crippen LogP) is 2.66. The molecular formula is C14H26N2. The summed E-state index contributed by atoms with van der Waals surface area (Å²) in [6.07, 6.45) is 12.5. The number of nitrogens with zero attached hydrogens (tertiary/aromatic N) is 1. The molecule has 3 fully saturated rings. The highest BCUT2D eigenvalue weighted by atomic mass is 15.3. The van der Waals surface area contributed by atoms with Crippen LogP contribution in [0.1, 0.15) is 64.7 Å². The maximum atomic E-state index is 6.20. The van der Waals surface area contributed by atoms with Crippen LogP contribution in [0.25, 0.3) is 0 Å². The lowest BCUT2D eigenvalue weighted by molar-refractivity contribution is -0.0977. The average molecular weight is 222 g/mol. The molecule has 0 amide bonds. The molecule has 16 heavy (non-hydrogen) atoms. The van der Waals surface area contributed by atoms with Crippen LogP contribution in [-0.2, 0) is 0 Å². The molecule has 0 spiro atoms. The number of nitrogens with two attached hydrogens (primary N) is 1. The van der Waals surface area contributed by atoms with E-state index in [1.807, 2.05) is 0 Å². The molecule has 2 unspecified atom stereocenters. The van der Waals surface area contributed by atoms with Gasteiger partial charge in [-0.15, -0.1) is 0 Å². The standard InChI is InChI=1S/C14H26N2/c1-2-14(7-4-8-14)16-12-5-3-6-13(16)10-11(15)9-12/h11-13H,2-10,15H2,1H3. The fourth-order valence-electron chi connectivity index (χ4n) is 4.58. The monoisotopic (exact) mass is 222 g/mol. The van der Waals surface area contributed by atoms with Crippen LogP contribution in [0, 0.1) is 0 Å². The zero-order valence-electron chi connectivity index (χ0n) is 10.6. The van der Waals surface area contributed by atoms with Gasteiger partial charge in [-0.3, -0.25) is 4.90 Å². The van der Waals surface area contributed by atoms with E-state index in [2.05, 4.69) is 11.8 Å². The molecule has 0 aromatic carbocycles. The van der Waals surface area contributed by atoms with Crippen LogP contribution >= 0.6 is 0 Å². The summed E-state index contributed by atoms with van der Waals surface area (Å²) in [5, 5.41) is 0. The Morgan fingerprint density at radius 3 is 2.19 bits per heavy atom. The van der Waals surface area contributed by atoms with Gasteiger partial charge in [0, 0.05) is 23.7 Å². The number of hydrogen-bond acceptors (Lipinski definition) is 2. The fraction of sp³-hybridized carbons (Fsp3) is 1.00. The van der Waals surface area contributed by atoms with Crippen molar-refractivity contribution in [2.75, 3.05) is 0 Å². The number of piperidine rings is 2. The second kappa shape index (κ2) is 3.99. The Kier molecular flexibility index (Phi) is 2.75. The molecule has 0 radical (unpaired) electrons. The highest BCUT2D eigenvalue weighted by Gasteiger charge is 2.50. The SMILES string of the molecule is CCC1(N2C3CCCC2CC(N)C3)CCC1. The van der Waals surface area contributed by atoms with Gasteiger partial charge in [0.2, 0.25) is 0 Å². The van der Waals surface area contributed by atoms with Gasteiger partial charge in [-0.1, -0.05) is 13.3 Å². The first-order valence-electron chi connectivity index (χ1n) is 7.29. The normalized spacial score (nSPS) is 42.8. The summed E-state index contributed by atoms with van der Waals surface area (Å²) in [5.74, 6) is 0. The summed E-state index contributed by atoms with van der Waals surface area (Å²) in [6, 6.07) is 2.13. The molecule has 2 N–H and O–H groups in total. The topological polar surface area (TPSA) is 29.3 Å². The lowest BCUT2D eigenvalue weighted by Crippen LogP contribution is -2.66. The van der Waals surface area contributed by atoms with E-state index in [0.717, 1.165) is 12.1 Å². The largest absolute Gasteiger partial charge is 0.328 e. The second-order valence-corrected chi connectivity index (χ2v) is 6.31. The first kappa shape index (κ1) is 11.0. The van der Waals surface area contributed by atoms with Gasteiger partial charge in [-0.25, -0.2) is 0 Å². The minimum Gasteiger partial charge on any atom is -0.328 e. The molecule has 2 heteroatoms. The molecule has 0 aromatic rings. The van der Waals surface area contributed by atoms with Crippen LogP contribution < -0.4 is 5.73 Å². The van der Waals surface area contributed by atoms with Crippen LogP contribution in [0.4, 0.5) is 0 Å². The van der Waals surface area contributed by atoms with Crippen LogP contribution in [0.15, 0.2) is 0 Å². The van der Waals surface area contributed by atoms with Crippen molar-refractivity contribution in [3.8, 4) is 0 Å². The van der Waals surface area contributed by atoms with Crippen LogP contribution in [0.3, 0.4) is 0 Å². The van der Waals surface area contributed by atoms with E-state index in [0.29, 0.717) is 11.6 Å². The maximum absolute atomic E-state index is 6.20. The van der Waals surface area contributed by atoms with Crippen LogP contribution in [0.5, 0.6) is 0 Å². The van der Waals surface area contributed by atoms with E-state index in [9.17, 15) is 0 Å². The van der Waals surface area contributed by atoms with E-state index in [-0.39, 0.29) is 0 Å². The molecule has 2 heterocycles. The molecular weight excluding hydrogens is 196 g/mol. The van der Waals surface area contributed by atoms with Crippen LogP contribution in [0.2, 0.25) is 0 Å². The van der Waals surface area contributed by atoms with Crippen molar-refractivity contribution in [1.29, 1.82) is 0 Å². The molecule has 1 saturated carbocycles. The Morgan fingerprint density at radius 1 is 1.12 bits per heavy atom. The molecule has 3 aliphatic rings. The van der Waals surface area contributed by atoms with Crippen molar-refractivity contribution in [1.82, 2.24) is 4.90 Å². The van der Waals surface area contributed by atoms with Crippen molar-refractivity contribution >= 4 is 0 Å². The van der Waals surface area contributed by atoms with E-state index >= 15 is 0 Å². The Bertz CT molecular complexity index is 240. The highest BCUT2D eigenvalue weighted by molar-refractivity contribution is 5.06. The first-order chi connectivity index (χ1) is 7.75. The number of fused-ring (bicyclic) bond motifs is 2. The summed E-state index contributed by atoms with van der Waals surface area (Å²) in [7, 11) is 0. The number of hydrogen-bond donors (Lipinski definition) is 1. The Morgan fingerprint density at radius 2 is 1.75 bits per heavy atom. The van der Waals surface area contributed by atoms with Gasteiger partial charge in [0.25, 0.3) is 0 Å². The van der Waals surface area contributed by atoms with Gasteiger partial charge in [0.15, 0.2) is 0 Å². The molecule has 2 aliphatic heterocycles. The van der Waals surface area contributed by atoms with Crippen molar-refractivity contribution in [3.05, 3.63) is 0 Å². The molecule has 2 nitrogen and oxygen atoms in total. The average Bonchev–Trinajstić information content (AvgIpc) is 2.17. The smallest absolute Gasteiger partial charge is 0.0212 e. The molecule has 1 aliphatic carbocycles. The van der Waals surface area contributed by atoms with Gasteiger partial charge in [-0.2, -0.15) is 0 Å². The zero-order valence-corrected chi connectivity index (χ0v) is 10.6. The van der Waals surface area contributed by atoms with E-state index < -0.39 is 0 Å². The molecule has 92 valence electrons. The van der Waals surface area contributed by atoms with Crippen molar-refractivity contribution in [3.63, 3.8) is 0 Å². The molecule has 2 bridgehead atoms. The lowest BCUT2D eigenvalue weighted by Gasteiger charge is -2.61. The summed E-state index contributed by atoms with van der Waals surface area (Å²) in [4.78, 5) is 2.93. The van der Waals surface area contributed by atoms with Gasteiger partial charge in [-0.05, 0) is 51.4 Å². The molecule has 2 saturated heterocycles. The summed E-state index contributed by atoms with van der Waals surface area (Å²) < 4.78 is 0.